The van der Waals surface area contributed by atoms with Crippen LogP contribution in [0.1, 0.15) is 24.5 Å². The van der Waals surface area contributed by atoms with Gasteiger partial charge in [-0.3, -0.25) is 19.3 Å². The van der Waals surface area contributed by atoms with Crippen LogP contribution in [0, 0.1) is 11.8 Å². The maximum Gasteiger partial charge on any atom is 0.255 e. The summed E-state index contributed by atoms with van der Waals surface area (Å²) in [6.07, 6.45) is -0.259. The van der Waals surface area contributed by atoms with Gasteiger partial charge in [0, 0.05) is 28.0 Å². The highest BCUT2D eigenvalue weighted by Gasteiger charge is 2.66. The summed E-state index contributed by atoms with van der Waals surface area (Å²) in [7, 11) is 2.97. The van der Waals surface area contributed by atoms with E-state index in [9.17, 15) is 39.9 Å². The van der Waals surface area contributed by atoms with Gasteiger partial charge in [-0.15, -0.1) is 12.4 Å². The number of rotatable bonds is 2. The van der Waals surface area contributed by atoms with E-state index in [4.69, 9.17) is 17.3 Å². The third kappa shape index (κ3) is 3.03. The van der Waals surface area contributed by atoms with Crippen LogP contribution < -0.4 is 5.73 Å². The lowest BCUT2D eigenvalue weighted by Gasteiger charge is -2.53. The Labute approximate surface area is 205 Å². The molecule has 3 aliphatic carbocycles. The van der Waals surface area contributed by atoms with Crippen molar-refractivity contribution in [2.45, 2.75) is 30.6 Å². The van der Waals surface area contributed by atoms with Crippen molar-refractivity contribution in [3.63, 3.8) is 0 Å². The summed E-state index contributed by atoms with van der Waals surface area (Å²) in [5, 5.41) is 55.2. The predicted molar refractivity (Wildman–Crippen MR) is 122 cm³/mol. The normalized spacial score (nSPS) is 32.7. The highest BCUT2D eigenvalue weighted by molar-refractivity contribution is 6.32. The first kappa shape index (κ1) is 26.0. The lowest BCUT2D eigenvalue weighted by molar-refractivity contribution is -0.159. The van der Waals surface area contributed by atoms with Crippen molar-refractivity contribution in [2.24, 2.45) is 17.6 Å². The van der Waals surface area contributed by atoms with Crippen LogP contribution in [-0.2, 0) is 20.0 Å². The molecule has 1 fully saturated rings. The fourth-order valence-electron chi connectivity index (χ4n) is 5.58. The molecule has 34 heavy (non-hydrogen) atoms. The number of amides is 1. The van der Waals surface area contributed by atoms with E-state index in [1.54, 1.807) is 0 Å². The Bertz CT molecular complexity index is 1210. The van der Waals surface area contributed by atoms with Gasteiger partial charge in [0.15, 0.2) is 11.4 Å². The van der Waals surface area contributed by atoms with Crippen molar-refractivity contribution >= 4 is 47.2 Å². The number of fused-ring (bicyclic) bond motifs is 3. The van der Waals surface area contributed by atoms with Crippen molar-refractivity contribution in [2.75, 3.05) is 14.1 Å². The number of aliphatic hydroxyl groups is 4. The van der Waals surface area contributed by atoms with Crippen molar-refractivity contribution in [1.82, 2.24) is 4.90 Å². The van der Waals surface area contributed by atoms with Crippen LogP contribution in [-0.4, -0.2) is 73.6 Å². The maximum atomic E-state index is 13.7. The number of nitrogens with zero attached hydrogens (tertiary/aromatic N) is 1. The Morgan fingerprint density at radius 1 is 1.18 bits per heavy atom. The van der Waals surface area contributed by atoms with Gasteiger partial charge in [0.1, 0.15) is 22.8 Å². The highest BCUT2D eigenvalue weighted by atomic mass is 35.5. The van der Waals surface area contributed by atoms with E-state index in [2.05, 4.69) is 0 Å². The molecule has 5 atom stereocenters. The van der Waals surface area contributed by atoms with Gasteiger partial charge in [0.25, 0.3) is 5.91 Å². The number of halogens is 2. The third-order valence-electron chi connectivity index (χ3n) is 7.07. The van der Waals surface area contributed by atoms with Crippen LogP contribution in [0.4, 0.5) is 0 Å². The topological polar surface area (TPSA) is 182 Å². The van der Waals surface area contributed by atoms with E-state index in [-0.39, 0.29) is 35.0 Å². The Morgan fingerprint density at radius 3 is 2.29 bits per heavy atom. The first-order valence-electron chi connectivity index (χ1n) is 10.1. The minimum absolute atomic E-state index is 0. The second-order valence-electron chi connectivity index (χ2n) is 9.08. The number of likely N-dealkylation sites (N-methyl/N-ethyl adjacent to an activating group) is 1. The molecule has 7 N–H and O–H groups in total. The van der Waals surface area contributed by atoms with Gasteiger partial charge in [0.2, 0.25) is 5.78 Å². The number of nitrogens with two attached hydrogens (primary N) is 1. The van der Waals surface area contributed by atoms with Gasteiger partial charge in [0.05, 0.1) is 17.2 Å². The van der Waals surface area contributed by atoms with Crippen LogP contribution in [0.15, 0.2) is 29.0 Å². The molecule has 0 aromatic heterocycles. The lowest BCUT2D eigenvalue weighted by atomic mass is 9.54. The molecule has 1 amide bonds. The fourth-order valence-corrected chi connectivity index (χ4v) is 5.93. The number of ketones is 2. The van der Waals surface area contributed by atoms with Gasteiger partial charge in [-0.25, -0.2) is 0 Å². The summed E-state index contributed by atoms with van der Waals surface area (Å²) in [4.78, 5) is 40.1. The molecule has 1 unspecified atom stereocenters. The molecule has 0 heterocycles. The molecule has 0 bridgehead atoms. The zero-order chi connectivity index (χ0) is 24.8. The summed E-state index contributed by atoms with van der Waals surface area (Å²) in [5.41, 5.74) is -1.10. The minimum atomic E-state index is -2.78. The van der Waals surface area contributed by atoms with E-state index in [0.717, 1.165) is 0 Å². The molecule has 1 aromatic carbocycles. The Balaban J connectivity index is 0.00000324. The van der Waals surface area contributed by atoms with E-state index in [1.165, 1.54) is 38.1 Å². The largest absolute Gasteiger partial charge is 0.508 e. The van der Waals surface area contributed by atoms with Crippen LogP contribution in [0.5, 0.6) is 5.75 Å². The monoisotopic (exact) mass is 514 g/mol. The fraction of sp³-hybridized carbons (Fsp3) is 0.409. The SMILES string of the molecule is CN(C)C1C(=O)C(C(N)=O)=C(O)[C@@]2(O)C(=O)C3=C(O)c4c(O)ccc(Cl)c4[C@@](C)(O)[C@H]3C[C@@H]12.Cl. The number of hydrogen-bond acceptors (Lipinski definition) is 9. The molecular weight excluding hydrogens is 491 g/mol. The van der Waals surface area contributed by atoms with Crippen LogP contribution in [0.25, 0.3) is 5.76 Å². The molecule has 0 aliphatic heterocycles. The molecule has 0 radical (unpaired) electrons. The number of benzene rings is 1. The van der Waals surface area contributed by atoms with Gasteiger partial charge in [-0.05, 0) is 39.6 Å². The zero-order valence-corrected chi connectivity index (χ0v) is 19.9. The number of phenols is 1. The molecular formula is C22H24Cl2N2O8. The summed E-state index contributed by atoms with van der Waals surface area (Å²) in [5.74, 6) is -8.30. The predicted octanol–water partition coefficient (Wildman–Crippen LogP) is 0.704. The molecule has 0 spiro atoms. The maximum absolute atomic E-state index is 13.7. The number of carbonyl (C=O) groups is 3. The van der Waals surface area contributed by atoms with Crippen LogP contribution in [0.2, 0.25) is 5.02 Å². The Hall–Kier alpha value is -2.63. The van der Waals surface area contributed by atoms with E-state index in [1.807, 2.05) is 0 Å². The van der Waals surface area contributed by atoms with Crippen molar-refractivity contribution in [3.8, 4) is 5.75 Å². The first-order valence-corrected chi connectivity index (χ1v) is 10.5. The number of Topliss-reactive ketones (excluding diaryl/α,β-unsaturated/α-hetero) is 2. The van der Waals surface area contributed by atoms with Gasteiger partial charge < -0.3 is 31.3 Å². The summed E-state index contributed by atoms with van der Waals surface area (Å²) < 4.78 is 0. The van der Waals surface area contributed by atoms with Gasteiger partial charge in [-0.1, -0.05) is 11.6 Å². The quantitative estimate of drug-likeness (QED) is 0.309. The number of aromatic hydroxyl groups is 1. The molecule has 184 valence electrons. The van der Waals surface area contributed by atoms with Crippen molar-refractivity contribution in [1.29, 1.82) is 0 Å². The smallest absolute Gasteiger partial charge is 0.255 e. The number of aliphatic hydroxyl groups excluding tert-OH is 2. The number of carbonyl (C=O) groups excluding carboxylic acids is 3. The van der Waals surface area contributed by atoms with E-state index < -0.39 is 75.0 Å². The average Bonchev–Trinajstić information content (AvgIpc) is 2.69. The molecule has 4 rings (SSSR count). The standard InChI is InChI=1S/C22H23ClN2O8.ClH/c1-21(32)7-6-8-15(25(2)3)17(28)13(20(24)31)19(30)22(8,33)18(29)11(7)16(27)12-10(26)5-4-9(23)14(12)21;/h4-5,7-8,15,26-27,30,32-33H,6H2,1-3H3,(H2,24,31);1H/t7-,8-,15?,21-,22-;/m0./s1. The third-order valence-corrected chi connectivity index (χ3v) is 7.39. The van der Waals surface area contributed by atoms with Crippen molar-refractivity contribution < 1.29 is 39.9 Å². The van der Waals surface area contributed by atoms with Crippen molar-refractivity contribution in [3.05, 3.63) is 45.2 Å². The molecule has 0 saturated heterocycles. The number of hydrogen-bond donors (Lipinski definition) is 6. The number of phenolic OH excluding ortho intramolecular Hbond substituents is 1. The summed E-state index contributed by atoms with van der Waals surface area (Å²) >= 11 is 6.28. The Morgan fingerprint density at radius 2 is 1.76 bits per heavy atom. The lowest BCUT2D eigenvalue weighted by Crippen LogP contribution is -2.67. The molecule has 1 aromatic rings. The average molecular weight is 515 g/mol. The number of primary amides is 1. The Kier molecular flexibility index (Phi) is 6.08. The second kappa shape index (κ2) is 7.96. The van der Waals surface area contributed by atoms with E-state index in [0.29, 0.717) is 0 Å². The second-order valence-corrected chi connectivity index (χ2v) is 9.48. The van der Waals surface area contributed by atoms with E-state index >= 15 is 0 Å². The van der Waals surface area contributed by atoms with Crippen LogP contribution in [0.3, 0.4) is 0 Å². The van der Waals surface area contributed by atoms with Crippen LogP contribution >= 0.6 is 24.0 Å². The summed E-state index contributed by atoms with van der Waals surface area (Å²) in [6.45, 7) is 1.34. The highest BCUT2D eigenvalue weighted by Crippen LogP contribution is 2.58. The van der Waals surface area contributed by atoms with Gasteiger partial charge >= 0.3 is 0 Å². The molecule has 12 heteroatoms. The zero-order valence-electron chi connectivity index (χ0n) is 18.4. The summed E-state index contributed by atoms with van der Waals surface area (Å²) in [6, 6.07) is 1.24. The first-order chi connectivity index (χ1) is 15.2. The molecule has 10 nitrogen and oxygen atoms in total. The molecule has 3 aliphatic rings. The minimum Gasteiger partial charge on any atom is -0.508 e. The molecule has 1 saturated carbocycles. The van der Waals surface area contributed by atoms with Gasteiger partial charge in [-0.2, -0.15) is 0 Å².